The van der Waals surface area contributed by atoms with Crippen LogP contribution in [-0.4, -0.2) is 58.4 Å². The number of nitrogens with zero attached hydrogens (tertiary/aromatic N) is 3. The third-order valence-corrected chi connectivity index (χ3v) is 4.71. The van der Waals surface area contributed by atoms with Crippen LogP contribution in [-0.2, 0) is 6.42 Å². The molecule has 6 heteroatoms. The maximum absolute atomic E-state index is 10.1. The average Bonchev–Trinajstić information content (AvgIpc) is 2.55. The smallest absolute Gasteiger partial charge is 0.213 e. The molecule has 0 radical (unpaired) electrons. The number of piperidine rings is 1. The molecule has 0 bridgehead atoms. The molecular formula is C17H24N4O2. The van der Waals surface area contributed by atoms with Gasteiger partial charge in [0.25, 0.3) is 0 Å². The lowest BCUT2D eigenvalue weighted by Gasteiger charge is -2.41. The quantitative estimate of drug-likeness (QED) is 0.874. The first kappa shape index (κ1) is 16.1. The van der Waals surface area contributed by atoms with Crippen molar-refractivity contribution < 1.29 is 9.84 Å². The molecule has 3 rings (SSSR count). The Balaban J connectivity index is 1.72. The largest absolute Gasteiger partial charge is 0.481 e. The highest BCUT2D eigenvalue weighted by atomic mass is 16.5. The first-order valence-corrected chi connectivity index (χ1v) is 7.97. The minimum atomic E-state index is -0.483. The summed E-state index contributed by atoms with van der Waals surface area (Å²) in [5.41, 5.74) is 8.51. The number of aliphatic hydroxyl groups is 1. The zero-order valence-electron chi connectivity index (χ0n) is 13.7. The van der Waals surface area contributed by atoms with Crippen LogP contribution in [0.1, 0.15) is 18.9 Å². The van der Waals surface area contributed by atoms with Crippen molar-refractivity contribution in [3.8, 4) is 5.88 Å². The van der Waals surface area contributed by atoms with Crippen LogP contribution in [0.3, 0.4) is 0 Å². The molecule has 0 aliphatic carbocycles. The third kappa shape index (κ3) is 3.44. The Kier molecular flexibility index (Phi) is 4.48. The second kappa shape index (κ2) is 6.39. The third-order valence-electron chi connectivity index (χ3n) is 4.71. The van der Waals surface area contributed by atoms with E-state index in [1.165, 1.54) is 0 Å². The minimum Gasteiger partial charge on any atom is -0.481 e. The van der Waals surface area contributed by atoms with Gasteiger partial charge in [-0.15, -0.1) is 0 Å². The molecular weight excluding hydrogens is 292 g/mol. The summed E-state index contributed by atoms with van der Waals surface area (Å²) in [6.07, 6.45) is 2.99. The van der Waals surface area contributed by atoms with Gasteiger partial charge in [-0.25, -0.2) is 4.98 Å². The van der Waals surface area contributed by atoms with Crippen LogP contribution in [0.5, 0.6) is 5.88 Å². The highest BCUT2D eigenvalue weighted by Crippen LogP contribution is 2.22. The molecule has 3 heterocycles. The highest BCUT2D eigenvalue weighted by molar-refractivity contribution is 5.78. The van der Waals surface area contributed by atoms with Gasteiger partial charge in [0.15, 0.2) is 0 Å². The normalized spacial score (nSPS) is 25.7. The number of aromatic nitrogens is 2. The van der Waals surface area contributed by atoms with E-state index in [4.69, 9.17) is 10.5 Å². The summed E-state index contributed by atoms with van der Waals surface area (Å²) in [5.74, 6) is 0.596. The summed E-state index contributed by atoms with van der Waals surface area (Å²) in [5, 5.41) is 10.1. The van der Waals surface area contributed by atoms with Crippen LogP contribution >= 0.6 is 0 Å². The average molecular weight is 316 g/mol. The van der Waals surface area contributed by atoms with Gasteiger partial charge in [0.1, 0.15) is 0 Å². The van der Waals surface area contributed by atoms with Crippen LogP contribution in [0, 0.1) is 0 Å². The van der Waals surface area contributed by atoms with Crippen molar-refractivity contribution in [3.63, 3.8) is 0 Å². The molecule has 0 spiro atoms. The van der Waals surface area contributed by atoms with Crippen molar-refractivity contribution >= 4 is 11.0 Å². The van der Waals surface area contributed by atoms with Gasteiger partial charge in [0, 0.05) is 37.4 Å². The second-order valence-electron chi connectivity index (χ2n) is 6.51. The number of β-amino-alcohol motifs (C(OH)–C–C–N with tert-alkyl or cyclic N) is 1. The molecule has 1 aliphatic heterocycles. The number of fused-ring (bicyclic) bond motifs is 1. The van der Waals surface area contributed by atoms with E-state index in [0.717, 1.165) is 42.5 Å². The fraction of sp³-hybridized carbons (Fsp3) is 0.529. The van der Waals surface area contributed by atoms with Gasteiger partial charge in [-0.3, -0.25) is 4.98 Å². The summed E-state index contributed by atoms with van der Waals surface area (Å²) in [7, 11) is 1.61. The van der Waals surface area contributed by atoms with Crippen molar-refractivity contribution in [2.75, 3.05) is 26.7 Å². The van der Waals surface area contributed by atoms with Crippen LogP contribution < -0.4 is 10.5 Å². The fourth-order valence-corrected chi connectivity index (χ4v) is 2.97. The summed E-state index contributed by atoms with van der Waals surface area (Å²) >= 11 is 0. The fourth-order valence-electron chi connectivity index (χ4n) is 2.97. The molecule has 23 heavy (non-hydrogen) atoms. The number of pyridine rings is 2. The van der Waals surface area contributed by atoms with Gasteiger partial charge in [-0.1, -0.05) is 0 Å². The van der Waals surface area contributed by atoms with E-state index < -0.39 is 11.6 Å². The summed E-state index contributed by atoms with van der Waals surface area (Å²) in [4.78, 5) is 11.1. The highest BCUT2D eigenvalue weighted by Gasteiger charge is 2.34. The standard InChI is InChI=1S/C17H24N4O2/c1-17(18)7-10-21(11-14(17)22)9-6-12-5-8-19-13-3-4-15(23-2)20-16(12)13/h3-5,8,14,22H,6-7,9-11,18H2,1-2H3. The first-order chi connectivity index (χ1) is 11.0. The van der Waals surface area contributed by atoms with Gasteiger partial charge in [-0.05, 0) is 37.5 Å². The summed E-state index contributed by atoms with van der Waals surface area (Å²) in [6, 6.07) is 5.75. The van der Waals surface area contributed by atoms with E-state index >= 15 is 0 Å². The van der Waals surface area contributed by atoms with Gasteiger partial charge >= 0.3 is 0 Å². The van der Waals surface area contributed by atoms with Crippen LogP contribution in [0.2, 0.25) is 0 Å². The zero-order valence-corrected chi connectivity index (χ0v) is 13.7. The SMILES string of the molecule is COc1ccc2nccc(CCN3CCC(C)(N)C(O)C3)c2n1. The molecule has 2 aromatic heterocycles. The predicted octanol–water partition coefficient (Wildman–Crippen LogP) is 0.965. The maximum atomic E-state index is 10.1. The molecule has 3 N–H and O–H groups in total. The molecule has 124 valence electrons. The van der Waals surface area contributed by atoms with Crippen LogP contribution in [0.15, 0.2) is 24.4 Å². The van der Waals surface area contributed by atoms with Crippen molar-refractivity contribution in [2.24, 2.45) is 5.73 Å². The Morgan fingerprint density at radius 1 is 1.43 bits per heavy atom. The molecule has 6 nitrogen and oxygen atoms in total. The lowest BCUT2D eigenvalue weighted by Crippen LogP contribution is -2.59. The number of rotatable bonds is 4. The number of aliphatic hydroxyl groups excluding tert-OH is 1. The number of hydrogen-bond acceptors (Lipinski definition) is 6. The molecule has 1 fully saturated rings. The van der Waals surface area contributed by atoms with Crippen molar-refractivity contribution in [1.82, 2.24) is 14.9 Å². The molecule has 2 atom stereocenters. The van der Waals surface area contributed by atoms with Crippen molar-refractivity contribution in [3.05, 3.63) is 30.0 Å². The van der Waals surface area contributed by atoms with E-state index in [1.807, 2.05) is 31.3 Å². The van der Waals surface area contributed by atoms with Gasteiger partial charge in [0.2, 0.25) is 5.88 Å². The second-order valence-corrected chi connectivity index (χ2v) is 6.51. The maximum Gasteiger partial charge on any atom is 0.213 e. The Bertz CT molecular complexity index is 689. The van der Waals surface area contributed by atoms with E-state index in [2.05, 4.69) is 14.9 Å². The number of ether oxygens (including phenoxy) is 1. The first-order valence-electron chi connectivity index (χ1n) is 7.97. The Morgan fingerprint density at radius 3 is 3.00 bits per heavy atom. The Hall–Kier alpha value is -1.76. The zero-order chi connectivity index (χ0) is 16.4. The van der Waals surface area contributed by atoms with Gasteiger partial charge in [0.05, 0.1) is 24.2 Å². The van der Waals surface area contributed by atoms with E-state index in [-0.39, 0.29) is 0 Å². The van der Waals surface area contributed by atoms with Crippen LogP contribution in [0.4, 0.5) is 0 Å². The lowest BCUT2D eigenvalue weighted by molar-refractivity contribution is 0.0124. The monoisotopic (exact) mass is 316 g/mol. The van der Waals surface area contributed by atoms with Gasteiger partial charge in [-0.2, -0.15) is 0 Å². The van der Waals surface area contributed by atoms with E-state index in [1.54, 1.807) is 7.11 Å². The van der Waals surface area contributed by atoms with E-state index in [0.29, 0.717) is 12.4 Å². The number of hydrogen-bond donors (Lipinski definition) is 2. The van der Waals surface area contributed by atoms with Crippen LogP contribution in [0.25, 0.3) is 11.0 Å². The number of nitrogens with two attached hydrogens (primary N) is 1. The number of methoxy groups -OCH3 is 1. The topological polar surface area (TPSA) is 84.5 Å². The number of likely N-dealkylation sites (tertiary alicyclic amines) is 1. The predicted molar refractivity (Wildman–Crippen MR) is 89.5 cm³/mol. The molecule has 2 unspecified atom stereocenters. The Morgan fingerprint density at radius 2 is 2.26 bits per heavy atom. The minimum absolute atomic E-state index is 0.477. The van der Waals surface area contributed by atoms with Gasteiger partial charge < -0.3 is 20.5 Å². The summed E-state index contributed by atoms with van der Waals surface area (Å²) < 4.78 is 5.21. The molecule has 1 saturated heterocycles. The molecule has 0 saturated carbocycles. The summed E-state index contributed by atoms with van der Waals surface area (Å²) in [6.45, 7) is 4.31. The molecule has 1 aliphatic rings. The van der Waals surface area contributed by atoms with E-state index in [9.17, 15) is 5.11 Å². The van der Waals surface area contributed by atoms with Crippen molar-refractivity contribution in [1.29, 1.82) is 0 Å². The molecule has 2 aromatic rings. The Labute approximate surface area is 136 Å². The lowest BCUT2D eigenvalue weighted by atomic mass is 9.88. The molecule has 0 aromatic carbocycles. The van der Waals surface area contributed by atoms with Crippen molar-refractivity contribution in [2.45, 2.75) is 31.4 Å². The molecule has 0 amide bonds.